The largest absolute Gasteiger partial charge is 0.454 e. The maximum absolute atomic E-state index is 13.0. The van der Waals surface area contributed by atoms with Gasteiger partial charge in [0.2, 0.25) is 0 Å². The fourth-order valence-corrected chi connectivity index (χ4v) is 2.56. The molecule has 162 valence electrons. The molecule has 0 spiro atoms. The second kappa shape index (κ2) is 7.84. The zero-order valence-corrected chi connectivity index (χ0v) is 14.9. The van der Waals surface area contributed by atoms with Crippen molar-refractivity contribution in [3.8, 4) is 0 Å². The number of amides is 1. The van der Waals surface area contributed by atoms with E-state index in [-0.39, 0.29) is 11.5 Å². The number of carbonyl (C=O) groups is 1. The summed E-state index contributed by atoms with van der Waals surface area (Å²) >= 11 is 0. The Morgan fingerprint density at radius 1 is 1.23 bits per heavy atom. The Labute approximate surface area is 162 Å². The highest BCUT2D eigenvalue weighted by Gasteiger charge is 2.38. The van der Waals surface area contributed by atoms with Crippen LogP contribution in [0.1, 0.15) is 51.9 Å². The topological polar surface area (TPSA) is 88.7 Å². The maximum Gasteiger partial charge on any atom is 0.437 e. The van der Waals surface area contributed by atoms with Crippen LogP contribution in [0.15, 0.2) is 22.6 Å². The number of furan rings is 1. The van der Waals surface area contributed by atoms with Crippen molar-refractivity contribution < 1.29 is 39.9 Å². The van der Waals surface area contributed by atoms with Gasteiger partial charge in [0.1, 0.15) is 17.1 Å². The fraction of sp³-hybridized carbons (Fsp3) is 0.312. The van der Waals surface area contributed by atoms with E-state index in [1.165, 1.54) is 13.0 Å². The monoisotopic (exact) mass is 439 g/mol. The summed E-state index contributed by atoms with van der Waals surface area (Å²) in [6.45, 7) is 0.758. The number of alkyl halides is 7. The Bertz CT molecular complexity index is 1050. The van der Waals surface area contributed by atoms with Crippen LogP contribution < -0.4 is 5.32 Å². The number of hydrogen-bond donors (Lipinski definition) is 2. The first kappa shape index (κ1) is 21.4. The number of H-pyrrole nitrogens is 1. The van der Waals surface area contributed by atoms with Crippen LogP contribution in [0.25, 0.3) is 0 Å². The van der Waals surface area contributed by atoms with Crippen molar-refractivity contribution in [2.24, 2.45) is 0 Å². The molecule has 7 nitrogen and oxygen atoms in total. The predicted octanol–water partition coefficient (Wildman–Crippen LogP) is 4.70. The number of aromatic amines is 1. The van der Waals surface area contributed by atoms with Crippen molar-refractivity contribution in [2.45, 2.75) is 32.5 Å². The molecule has 3 rings (SSSR count). The van der Waals surface area contributed by atoms with E-state index in [0.29, 0.717) is 10.7 Å². The molecule has 0 saturated heterocycles. The molecule has 0 bridgehead atoms. The van der Waals surface area contributed by atoms with Crippen molar-refractivity contribution in [2.75, 3.05) is 5.32 Å². The first-order chi connectivity index (χ1) is 14.0. The van der Waals surface area contributed by atoms with Gasteiger partial charge in [-0.25, -0.2) is 17.6 Å². The Hall–Kier alpha value is -3.32. The molecule has 0 fully saturated rings. The van der Waals surface area contributed by atoms with Crippen LogP contribution in [0, 0.1) is 6.92 Å². The lowest BCUT2D eigenvalue weighted by molar-refractivity contribution is -0.140. The summed E-state index contributed by atoms with van der Waals surface area (Å²) in [6.07, 6.45) is -11.0. The van der Waals surface area contributed by atoms with E-state index in [9.17, 15) is 35.5 Å². The predicted molar refractivity (Wildman–Crippen MR) is 86.2 cm³/mol. The number of aryl methyl sites for hydroxylation is 1. The molecular formula is C16H12F7N5O2. The molecule has 1 amide bonds. The number of carbonyl (C=O) groups excluding carboxylic acids is 1. The highest BCUT2D eigenvalue weighted by molar-refractivity contribution is 6.03. The lowest BCUT2D eigenvalue weighted by Gasteiger charge is -2.08. The minimum atomic E-state index is -4.82. The zero-order chi connectivity index (χ0) is 22.2. The molecule has 0 aliphatic rings. The summed E-state index contributed by atoms with van der Waals surface area (Å²) in [5.41, 5.74) is -3.63. The smallest absolute Gasteiger partial charge is 0.437 e. The molecule has 3 aromatic heterocycles. The molecule has 3 heterocycles. The molecular weight excluding hydrogens is 427 g/mol. The number of rotatable bonds is 6. The van der Waals surface area contributed by atoms with Gasteiger partial charge < -0.3 is 9.73 Å². The van der Waals surface area contributed by atoms with Gasteiger partial charge in [-0.3, -0.25) is 14.6 Å². The van der Waals surface area contributed by atoms with Crippen LogP contribution >= 0.6 is 0 Å². The molecule has 0 radical (unpaired) electrons. The van der Waals surface area contributed by atoms with Crippen LogP contribution in [0.5, 0.6) is 0 Å². The van der Waals surface area contributed by atoms with Gasteiger partial charge >= 0.3 is 6.18 Å². The van der Waals surface area contributed by atoms with E-state index in [4.69, 9.17) is 4.42 Å². The normalized spacial score (nSPS) is 12.2. The van der Waals surface area contributed by atoms with Crippen LogP contribution in [-0.2, 0) is 12.7 Å². The van der Waals surface area contributed by atoms with E-state index in [1.54, 1.807) is 0 Å². The Balaban J connectivity index is 1.79. The second-order valence-electron chi connectivity index (χ2n) is 6.04. The van der Waals surface area contributed by atoms with Crippen molar-refractivity contribution in [1.29, 1.82) is 0 Å². The maximum atomic E-state index is 13.0. The van der Waals surface area contributed by atoms with Gasteiger partial charge in [0.15, 0.2) is 11.5 Å². The SMILES string of the molecule is Cc1[nH]nc(C(F)(F)F)c1NC(=O)c1ccc(Cn2nc(C(F)F)cc2C(F)F)o1. The minimum absolute atomic E-state index is 0.0555. The van der Waals surface area contributed by atoms with E-state index >= 15 is 0 Å². The number of hydrogen-bond acceptors (Lipinski definition) is 4. The second-order valence-corrected chi connectivity index (χ2v) is 6.04. The van der Waals surface area contributed by atoms with Crippen LogP contribution in [0.4, 0.5) is 36.4 Å². The van der Waals surface area contributed by atoms with Gasteiger partial charge in [0, 0.05) is 0 Å². The van der Waals surface area contributed by atoms with E-state index < -0.39 is 60.0 Å². The van der Waals surface area contributed by atoms with Crippen molar-refractivity contribution in [3.63, 3.8) is 0 Å². The lowest BCUT2D eigenvalue weighted by atomic mass is 10.2. The van der Waals surface area contributed by atoms with Gasteiger partial charge in [-0.15, -0.1) is 0 Å². The molecule has 0 unspecified atom stereocenters. The molecule has 0 aliphatic carbocycles. The lowest BCUT2D eigenvalue weighted by Crippen LogP contribution is -2.16. The van der Waals surface area contributed by atoms with Gasteiger partial charge in [-0.2, -0.15) is 23.4 Å². The van der Waals surface area contributed by atoms with Gasteiger partial charge in [-0.05, 0) is 25.1 Å². The standard InChI is InChI=1S/C16H12F7N5O2/c1-6-11(12(26-25-6)16(21,22)23)24-15(29)10-3-2-7(30-10)5-28-9(14(19)20)4-8(27-28)13(17)18/h2-4,13-14H,5H2,1H3,(H,24,29)(H,25,26). The van der Waals surface area contributed by atoms with E-state index in [1.807, 2.05) is 5.32 Å². The van der Waals surface area contributed by atoms with Gasteiger partial charge in [-0.1, -0.05) is 0 Å². The molecule has 3 aromatic rings. The molecule has 0 atom stereocenters. The number of nitrogens with zero attached hydrogens (tertiary/aromatic N) is 3. The quantitative estimate of drug-likeness (QED) is 0.545. The van der Waals surface area contributed by atoms with E-state index in [0.717, 1.165) is 6.07 Å². The van der Waals surface area contributed by atoms with E-state index in [2.05, 4.69) is 15.3 Å². The first-order valence-electron chi connectivity index (χ1n) is 8.13. The molecule has 0 aliphatic heterocycles. The summed E-state index contributed by atoms with van der Waals surface area (Å²) in [6, 6.07) is 2.82. The van der Waals surface area contributed by atoms with Crippen molar-refractivity contribution >= 4 is 11.6 Å². The Kier molecular flexibility index (Phi) is 5.59. The number of halogens is 7. The van der Waals surface area contributed by atoms with Gasteiger partial charge in [0.05, 0.1) is 17.9 Å². The van der Waals surface area contributed by atoms with Crippen molar-refractivity contribution in [3.05, 3.63) is 52.5 Å². The number of anilines is 1. The average Bonchev–Trinajstić information content (AvgIpc) is 3.34. The Morgan fingerprint density at radius 3 is 2.53 bits per heavy atom. The Morgan fingerprint density at radius 2 is 1.93 bits per heavy atom. The van der Waals surface area contributed by atoms with Crippen LogP contribution in [-0.4, -0.2) is 25.9 Å². The molecule has 0 aromatic carbocycles. The third-order valence-corrected chi connectivity index (χ3v) is 3.92. The third kappa shape index (κ3) is 4.31. The van der Waals surface area contributed by atoms with Crippen LogP contribution in [0.2, 0.25) is 0 Å². The summed E-state index contributed by atoms with van der Waals surface area (Å²) in [5, 5.41) is 10.6. The highest BCUT2D eigenvalue weighted by Crippen LogP contribution is 2.35. The van der Waals surface area contributed by atoms with Crippen molar-refractivity contribution in [1.82, 2.24) is 20.0 Å². The number of aromatic nitrogens is 4. The summed E-state index contributed by atoms with van der Waals surface area (Å²) in [4.78, 5) is 12.2. The average molecular weight is 439 g/mol. The summed E-state index contributed by atoms with van der Waals surface area (Å²) in [5.74, 6) is -1.59. The van der Waals surface area contributed by atoms with Gasteiger partial charge in [0.25, 0.3) is 18.8 Å². The fourth-order valence-electron chi connectivity index (χ4n) is 2.56. The third-order valence-electron chi connectivity index (χ3n) is 3.92. The van der Waals surface area contributed by atoms with Crippen LogP contribution in [0.3, 0.4) is 0 Å². The minimum Gasteiger partial charge on any atom is -0.454 e. The highest BCUT2D eigenvalue weighted by atomic mass is 19.4. The molecule has 30 heavy (non-hydrogen) atoms. The first-order valence-corrected chi connectivity index (χ1v) is 8.13. The number of nitrogens with one attached hydrogen (secondary N) is 2. The zero-order valence-electron chi connectivity index (χ0n) is 14.9. The molecule has 2 N–H and O–H groups in total. The summed E-state index contributed by atoms with van der Waals surface area (Å²) < 4.78 is 96.0. The molecule has 0 saturated carbocycles. The summed E-state index contributed by atoms with van der Waals surface area (Å²) in [7, 11) is 0. The molecule has 14 heteroatoms.